The van der Waals surface area contributed by atoms with Crippen LogP contribution in [0.5, 0.6) is 11.5 Å². The minimum absolute atomic E-state index is 0.0376. The van der Waals surface area contributed by atoms with Gasteiger partial charge in [-0.05, 0) is 42.8 Å². The molecule has 0 amide bonds. The molecule has 0 aromatic heterocycles. The van der Waals surface area contributed by atoms with Crippen molar-refractivity contribution in [3.05, 3.63) is 52.8 Å². The van der Waals surface area contributed by atoms with Crippen molar-refractivity contribution in [3.63, 3.8) is 0 Å². The van der Waals surface area contributed by atoms with Crippen LogP contribution in [0.25, 0.3) is 0 Å². The molecule has 0 bridgehead atoms. The highest BCUT2D eigenvalue weighted by Gasteiger charge is 2.05. The summed E-state index contributed by atoms with van der Waals surface area (Å²) in [5, 5.41) is 0.0376. The summed E-state index contributed by atoms with van der Waals surface area (Å²) in [5.74, 6) is 0.694. The molecule has 0 atom stereocenters. The molecule has 17 heavy (non-hydrogen) atoms. The molecule has 0 fully saturated rings. The van der Waals surface area contributed by atoms with Crippen molar-refractivity contribution < 1.29 is 9.13 Å². The van der Waals surface area contributed by atoms with Crippen LogP contribution in [0.1, 0.15) is 5.56 Å². The zero-order valence-corrected chi connectivity index (χ0v) is 9.96. The van der Waals surface area contributed by atoms with Crippen LogP contribution in [0.4, 0.5) is 10.1 Å². The molecule has 2 rings (SSSR count). The lowest BCUT2D eigenvalue weighted by molar-refractivity contribution is 0.477. The Kier molecular flexibility index (Phi) is 3.20. The van der Waals surface area contributed by atoms with Crippen LogP contribution in [0, 0.1) is 12.7 Å². The maximum Gasteiger partial charge on any atom is 0.142 e. The summed E-state index contributed by atoms with van der Waals surface area (Å²) in [7, 11) is 0. The molecule has 4 heteroatoms. The normalized spacial score (nSPS) is 10.3. The number of benzene rings is 2. The maximum absolute atomic E-state index is 13.0. The van der Waals surface area contributed by atoms with E-state index in [1.165, 1.54) is 18.2 Å². The number of hydrogen-bond donors (Lipinski definition) is 1. The summed E-state index contributed by atoms with van der Waals surface area (Å²) in [6.45, 7) is 1.89. The summed E-state index contributed by atoms with van der Waals surface area (Å²) >= 11 is 5.67. The molecular weight excluding hydrogens is 241 g/mol. The minimum atomic E-state index is -0.465. The van der Waals surface area contributed by atoms with Crippen molar-refractivity contribution in [1.82, 2.24) is 0 Å². The average Bonchev–Trinajstić information content (AvgIpc) is 2.27. The van der Waals surface area contributed by atoms with Crippen LogP contribution in [-0.4, -0.2) is 0 Å². The lowest BCUT2D eigenvalue weighted by Crippen LogP contribution is -1.91. The molecule has 0 aliphatic rings. The van der Waals surface area contributed by atoms with E-state index in [2.05, 4.69) is 0 Å². The molecule has 0 aliphatic heterocycles. The van der Waals surface area contributed by atoms with E-state index in [4.69, 9.17) is 22.1 Å². The molecule has 0 spiro atoms. The van der Waals surface area contributed by atoms with E-state index in [0.29, 0.717) is 17.2 Å². The van der Waals surface area contributed by atoms with E-state index in [-0.39, 0.29) is 5.02 Å². The molecule has 88 valence electrons. The minimum Gasteiger partial charge on any atom is -0.457 e. The van der Waals surface area contributed by atoms with E-state index in [0.717, 1.165) is 5.56 Å². The van der Waals surface area contributed by atoms with Crippen LogP contribution in [0.3, 0.4) is 0 Å². The topological polar surface area (TPSA) is 35.2 Å². The first-order valence-electron chi connectivity index (χ1n) is 5.05. The number of nitrogen functional groups attached to an aromatic ring is 1. The van der Waals surface area contributed by atoms with Crippen molar-refractivity contribution in [2.75, 3.05) is 5.73 Å². The monoisotopic (exact) mass is 251 g/mol. The Balaban J connectivity index is 2.28. The van der Waals surface area contributed by atoms with Gasteiger partial charge in [0, 0.05) is 11.8 Å². The van der Waals surface area contributed by atoms with Gasteiger partial charge >= 0.3 is 0 Å². The Hall–Kier alpha value is -1.74. The third-order valence-corrected chi connectivity index (χ3v) is 2.61. The summed E-state index contributed by atoms with van der Waals surface area (Å²) in [6, 6.07) is 9.55. The van der Waals surface area contributed by atoms with E-state index in [1.807, 2.05) is 6.92 Å². The first-order chi connectivity index (χ1) is 8.06. The standard InChI is InChI=1S/C13H11ClFNO/c1-8-6-9(16)2-5-13(8)17-10-3-4-12(15)11(14)7-10/h2-7H,16H2,1H3. The Morgan fingerprint density at radius 3 is 2.59 bits per heavy atom. The van der Waals surface area contributed by atoms with Crippen molar-refractivity contribution in [2.45, 2.75) is 6.92 Å². The highest BCUT2D eigenvalue weighted by atomic mass is 35.5. The Bertz CT molecular complexity index is 557. The first-order valence-corrected chi connectivity index (χ1v) is 5.43. The van der Waals surface area contributed by atoms with Gasteiger partial charge in [0.25, 0.3) is 0 Å². The van der Waals surface area contributed by atoms with Crippen molar-refractivity contribution in [3.8, 4) is 11.5 Å². The Morgan fingerprint density at radius 1 is 1.18 bits per heavy atom. The lowest BCUT2D eigenvalue weighted by Gasteiger charge is -2.09. The highest BCUT2D eigenvalue weighted by Crippen LogP contribution is 2.29. The molecule has 0 saturated heterocycles. The predicted octanol–water partition coefficient (Wildman–Crippen LogP) is 4.16. The van der Waals surface area contributed by atoms with Crippen LogP contribution in [0.15, 0.2) is 36.4 Å². The van der Waals surface area contributed by atoms with Crippen LogP contribution in [-0.2, 0) is 0 Å². The second-order valence-corrected chi connectivity index (χ2v) is 4.11. The number of hydrogen-bond acceptors (Lipinski definition) is 2. The van der Waals surface area contributed by atoms with Crippen molar-refractivity contribution in [1.29, 1.82) is 0 Å². The first kappa shape index (κ1) is 11.7. The van der Waals surface area contributed by atoms with Crippen LogP contribution >= 0.6 is 11.6 Å². The summed E-state index contributed by atoms with van der Waals surface area (Å²) in [6.07, 6.45) is 0. The summed E-state index contributed by atoms with van der Waals surface area (Å²) < 4.78 is 18.6. The second kappa shape index (κ2) is 4.63. The maximum atomic E-state index is 13.0. The van der Waals surface area contributed by atoms with Gasteiger partial charge in [-0.25, -0.2) is 4.39 Å². The SMILES string of the molecule is Cc1cc(N)ccc1Oc1ccc(F)c(Cl)c1. The van der Waals surface area contributed by atoms with Gasteiger partial charge in [-0.2, -0.15) is 0 Å². The number of rotatable bonds is 2. The fourth-order valence-corrected chi connectivity index (χ4v) is 1.62. The number of halogens is 2. The molecule has 0 saturated carbocycles. The molecule has 0 aliphatic carbocycles. The van der Waals surface area contributed by atoms with Gasteiger partial charge in [0.15, 0.2) is 0 Å². The Morgan fingerprint density at radius 2 is 1.94 bits per heavy atom. The smallest absolute Gasteiger partial charge is 0.142 e. The number of anilines is 1. The molecule has 0 radical (unpaired) electrons. The van der Waals surface area contributed by atoms with E-state index >= 15 is 0 Å². The molecule has 0 unspecified atom stereocenters. The molecule has 2 aromatic carbocycles. The second-order valence-electron chi connectivity index (χ2n) is 3.70. The number of nitrogens with two attached hydrogens (primary N) is 1. The highest BCUT2D eigenvalue weighted by molar-refractivity contribution is 6.30. The summed E-state index contributed by atoms with van der Waals surface area (Å²) in [4.78, 5) is 0. The third-order valence-electron chi connectivity index (χ3n) is 2.32. The van der Waals surface area contributed by atoms with E-state index < -0.39 is 5.82 Å². The fourth-order valence-electron chi connectivity index (χ4n) is 1.45. The fraction of sp³-hybridized carbons (Fsp3) is 0.0769. The van der Waals surface area contributed by atoms with Crippen LogP contribution < -0.4 is 10.5 Å². The zero-order valence-electron chi connectivity index (χ0n) is 9.21. The third kappa shape index (κ3) is 2.68. The predicted molar refractivity (Wildman–Crippen MR) is 67.1 cm³/mol. The molecule has 2 N–H and O–H groups in total. The number of aryl methyl sites for hydroxylation is 1. The van der Waals surface area contributed by atoms with Crippen molar-refractivity contribution in [2.24, 2.45) is 0 Å². The van der Waals surface area contributed by atoms with Gasteiger partial charge < -0.3 is 10.5 Å². The van der Waals surface area contributed by atoms with Gasteiger partial charge in [0.1, 0.15) is 17.3 Å². The quantitative estimate of drug-likeness (QED) is 0.814. The van der Waals surface area contributed by atoms with Gasteiger partial charge in [0.2, 0.25) is 0 Å². The van der Waals surface area contributed by atoms with E-state index in [1.54, 1.807) is 18.2 Å². The van der Waals surface area contributed by atoms with Gasteiger partial charge in [-0.3, -0.25) is 0 Å². The molecule has 2 nitrogen and oxygen atoms in total. The zero-order chi connectivity index (χ0) is 12.4. The summed E-state index contributed by atoms with van der Waals surface area (Å²) in [5.41, 5.74) is 7.22. The Labute approximate surface area is 104 Å². The lowest BCUT2D eigenvalue weighted by atomic mass is 10.2. The van der Waals surface area contributed by atoms with Crippen LogP contribution in [0.2, 0.25) is 5.02 Å². The molecule has 2 aromatic rings. The van der Waals surface area contributed by atoms with Gasteiger partial charge in [-0.15, -0.1) is 0 Å². The van der Waals surface area contributed by atoms with Gasteiger partial charge in [0.05, 0.1) is 5.02 Å². The molecule has 0 heterocycles. The molecular formula is C13H11ClFNO. The number of ether oxygens (including phenoxy) is 1. The largest absolute Gasteiger partial charge is 0.457 e. The van der Waals surface area contributed by atoms with Crippen molar-refractivity contribution >= 4 is 17.3 Å². The van der Waals surface area contributed by atoms with Gasteiger partial charge in [-0.1, -0.05) is 11.6 Å². The average molecular weight is 252 g/mol. The van der Waals surface area contributed by atoms with E-state index in [9.17, 15) is 4.39 Å².